The Morgan fingerprint density at radius 3 is 2.43 bits per heavy atom. The average molecular weight is 200 g/mol. The molecule has 84 valence electrons. The van der Waals surface area contributed by atoms with Crippen molar-refractivity contribution in [1.29, 1.82) is 0 Å². The lowest BCUT2D eigenvalue weighted by Gasteiger charge is -2.25. The van der Waals surface area contributed by atoms with Crippen molar-refractivity contribution < 1.29 is 4.74 Å². The lowest BCUT2D eigenvalue weighted by Crippen LogP contribution is -2.44. The van der Waals surface area contributed by atoms with Crippen LogP contribution >= 0.6 is 0 Å². The van der Waals surface area contributed by atoms with Crippen molar-refractivity contribution in [2.45, 2.75) is 51.5 Å². The molecule has 0 bridgehead atoms. The first-order chi connectivity index (χ1) is 6.88. The second kappa shape index (κ2) is 7.21. The minimum absolute atomic E-state index is 0.355. The van der Waals surface area contributed by atoms with Gasteiger partial charge in [0.05, 0.1) is 6.61 Å². The van der Waals surface area contributed by atoms with Gasteiger partial charge in [-0.05, 0) is 25.7 Å². The molecule has 1 rings (SSSR count). The van der Waals surface area contributed by atoms with E-state index in [4.69, 9.17) is 10.6 Å². The largest absolute Gasteiger partial charge is 0.380 e. The highest BCUT2D eigenvalue weighted by molar-refractivity contribution is 4.76. The molecule has 0 spiro atoms. The van der Waals surface area contributed by atoms with E-state index in [2.05, 4.69) is 5.43 Å². The Morgan fingerprint density at radius 2 is 1.93 bits per heavy atom. The predicted molar refractivity (Wildman–Crippen MR) is 58.8 cm³/mol. The highest BCUT2D eigenvalue weighted by Crippen LogP contribution is 2.25. The smallest absolute Gasteiger partial charge is 0.0635 e. The van der Waals surface area contributed by atoms with Crippen LogP contribution in [-0.2, 0) is 4.74 Å². The summed E-state index contributed by atoms with van der Waals surface area (Å²) < 4.78 is 5.44. The normalized spacial score (nSPS) is 21.9. The van der Waals surface area contributed by atoms with Gasteiger partial charge in [-0.3, -0.25) is 11.3 Å². The second-order valence-corrected chi connectivity index (χ2v) is 4.18. The maximum atomic E-state index is 5.57. The summed E-state index contributed by atoms with van der Waals surface area (Å²) >= 11 is 0. The molecule has 1 fully saturated rings. The summed E-state index contributed by atoms with van der Waals surface area (Å²) in [6.07, 6.45) is 8.11. The molecule has 3 nitrogen and oxygen atoms in total. The lowest BCUT2D eigenvalue weighted by molar-refractivity contribution is 0.0989. The number of nitrogens with one attached hydrogen (secondary N) is 1. The SMILES string of the molecule is CCOCC(NN)C1CCCCCC1. The molecule has 1 unspecified atom stereocenters. The Labute approximate surface area is 87.4 Å². The van der Waals surface area contributed by atoms with Gasteiger partial charge in [-0.2, -0.15) is 0 Å². The molecule has 1 atom stereocenters. The first kappa shape index (κ1) is 12.0. The van der Waals surface area contributed by atoms with Gasteiger partial charge in [-0.15, -0.1) is 0 Å². The van der Waals surface area contributed by atoms with E-state index in [0.29, 0.717) is 12.0 Å². The molecule has 0 aliphatic heterocycles. The third-order valence-corrected chi connectivity index (χ3v) is 3.18. The van der Waals surface area contributed by atoms with Gasteiger partial charge in [-0.1, -0.05) is 25.7 Å². The van der Waals surface area contributed by atoms with E-state index in [9.17, 15) is 0 Å². The van der Waals surface area contributed by atoms with Crippen molar-refractivity contribution >= 4 is 0 Å². The molecule has 0 aromatic carbocycles. The fourth-order valence-corrected chi connectivity index (χ4v) is 2.28. The highest BCUT2D eigenvalue weighted by atomic mass is 16.5. The fourth-order valence-electron chi connectivity index (χ4n) is 2.28. The topological polar surface area (TPSA) is 47.3 Å². The van der Waals surface area contributed by atoms with Crippen LogP contribution in [0.5, 0.6) is 0 Å². The fraction of sp³-hybridized carbons (Fsp3) is 1.00. The highest BCUT2D eigenvalue weighted by Gasteiger charge is 2.21. The number of rotatable bonds is 5. The van der Waals surface area contributed by atoms with E-state index < -0.39 is 0 Å². The Bertz CT molecular complexity index is 133. The maximum Gasteiger partial charge on any atom is 0.0635 e. The summed E-state index contributed by atoms with van der Waals surface area (Å²) in [5.41, 5.74) is 2.91. The Hall–Kier alpha value is -0.120. The van der Waals surface area contributed by atoms with Gasteiger partial charge < -0.3 is 4.74 Å². The molecule has 14 heavy (non-hydrogen) atoms. The van der Waals surface area contributed by atoms with Crippen LogP contribution in [0.25, 0.3) is 0 Å². The van der Waals surface area contributed by atoms with Crippen molar-refractivity contribution in [3.63, 3.8) is 0 Å². The van der Waals surface area contributed by atoms with Crippen molar-refractivity contribution in [1.82, 2.24) is 5.43 Å². The molecule has 0 heterocycles. The number of hydrazine groups is 1. The summed E-state index contributed by atoms with van der Waals surface area (Å²) in [6, 6.07) is 0.355. The van der Waals surface area contributed by atoms with Crippen LogP contribution in [0.1, 0.15) is 45.4 Å². The van der Waals surface area contributed by atoms with E-state index in [0.717, 1.165) is 13.2 Å². The van der Waals surface area contributed by atoms with Crippen molar-refractivity contribution in [2.75, 3.05) is 13.2 Å². The second-order valence-electron chi connectivity index (χ2n) is 4.18. The van der Waals surface area contributed by atoms with Crippen molar-refractivity contribution in [3.8, 4) is 0 Å². The predicted octanol–water partition coefficient (Wildman–Crippen LogP) is 1.83. The third-order valence-electron chi connectivity index (χ3n) is 3.18. The van der Waals surface area contributed by atoms with Gasteiger partial charge in [0.1, 0.15) is 0 Å². The zero-order valence-corrected chi connectivity index (χ0v) is 9.30. The van der Waals surface area contributed by atoms with Gasteiger partial charge in [0, 0.05) is 12.6 Å². The minimum Gasteiger partial charge on any atom is -0.380 e. The van der Waals surface area contributed by atoms with E-state index in [1.165, 1.54) is 38.5 Å². The number of ether oxygens (including phenoxy) is 1. The molecule has 3 heteroatoms. The van der Waals surface area contributed by atoms with Gasteiger partial charge in [0.2, 0.25) is 0 Å². The van der Waals surface area contributed by atoms with Crippen LogP contribution in [0.15, 0.2) is 0 Å². The number of nitrogens with two attached hydrogens (primary N) is 1. The van der Waals surface area contributed by atoms with E-state index >= 15 is 0 Å². The van der Waals surface area contributed by atoms with Crippen LogP contribution in [0, 0.1) is 5.92 Å². The standard InChI is InChI=1S/C11H24N2O/c1-2-14-9-11(13-12)10-7-5-3-4-6-8-10/h10-11,13H,2-9,12H2,1H3. The average Bonchev–Trinajstić information content (AvgIpc) is 2.48. The lowest BCUT2D eigenvalue weighted by atomic mass is 9.93. The summed E-state index contributed by atoms with van der Waals surface area (Å²) in [7, 11) is 0. The summed E-state index contributed by atoms with van der Waals surface area (Å²) in [6.45, 7) is 3.57. The molecule has 1 aliphatic carbocycles. The summed E-state index contributed by atoms with van der Waals surface area (Å²) in [4.78, 5) is 0. The van der Waals surface area contributed by atoms with E-state index in [-0.39, 0.29) is 0 Å². The third kappa shape index (κ3) is 3.95. The molecule has 1 aliphatic rings. The summed E-state index contributed by atoms with van der Waals surface area (Å²) in [5, 5.41) is 0. The molecule has 3 N–H and O–H groups in total. The van der Waals surface area contributed by atoms with Gasteiger partial charge in [0.25, 0.3) is 0 Å². The Balaban J connectivity index is 2.32. The molecule has 0 radical (unpaired) electrons. The minimum atomic E-state index is 0.355. The zero-order valence-electron chi connectivity index (χ0n) is 9.30. The van der Waals surface area contributed by atoms with Crippen LogP contribution in [0.4, 0.5) is 0 Å². The van der Waals surface area contributed by atoms with Gasteiger partial charge in [-0.25, -0.2) is 0 Å². The number of hydrogen-bond donors (Lipinski definition) is 2. The Morgan fingerprint density at radius 1 is 1.29 bits per heavy atom. The molecule has 0 saturated heterocycles. The van der Waals surface area contributed by atoms with E-state index in [1.54, 1.807) is 0 Å². The summed E-state index contributed by atoms with van der Waals surface area (Å²) in [5.74, 6) is 6.28. The monoisotopic (exact) mass is 200 g/mol. The molecule has 0 aromatic heterocycles. The van der Waals surface area contributed by atoms with Crippen LogP contribution in [0.3, 0.4) is 0 Å². The van der Waals surface area contributed by atoms with Crippen LogP contribution in [-0.4, -0.2) is 19.3 Å². The number of hydrogen-bond acceptors (Lipinski definition) is 3. The zero-order chi connectivity index (χ0) is 10.2. The van der Waals surface area contributed by atoms with Crippen LogP contribution in [0.2, 0.25) is 0 Å². The van der Waals surface area contributed by atoms with Crippen molar-refractivity contribution in [2.24, 2.45) is 11.8 Å². The van der Waals surface area contributed by atoms with E-state index in [1.807, 2.05) is 6.92 Å². The quantitative estimate of drug-likeness (QED) is 0.404. The Kier molecular flexibility index (Phi) is 6.15. The first-order valence-corrected chi connectivity index (χ1v) is 5.92. The molecular formula is C11H24N2O. The molecule has 0 aromatic rings. The van der Waals surface area contributed by atoms with Gasteiger partial charge >= 0.3 is 0 Å². The molecule has 0 amide bonds. The van der Waals surface area contributed by atoms with Gasteiger partial charge in [0.15, 0.2) is 0 Å². The van der Waals surface area contributed by atoms with Crippen molar-refractivity contribution in [3.05, 3.63) is 0 Å². The first-order valence-electron chi connectivity index (χ1n) is 5.92. The molecular weight excluding hydrogens is 176 g/mol. The van der Waals surface area contributed by atoms with Crippen LogP contribution < -0.4 is 11.3 Å². The maximum absolute atomic E-state index is 5.57. The molecule has 1 saturated carbocycles.